The van der Waals surface area contributed by atoms with Crippen LogP contribution >= 0.6 is 63.7 Å². The standard InChI is InChI=1S/C22H26BrN3O3Si.C16H12BrN3O2.C9H5BrF3N3.C9H6BrN3O2/c1-30(2,3)12-11-28-16-26-14-19(22(27)29-15-17-7-5-4-6-8-17)25-21(26)18-9-10-20(23)24-13-18;17-14-7-6-12(8-18-14)15-19-9-13(20-15)16(21)22-10-11-4-2-1-3-5-11;10-7-2-1-5(3-14-7)8-15-4-6(16-8)9(11,12)13;10-7-2-1-5(3-11-7)8-12-4-6(13-8)9(14)15/h4-10,13-14H,11-12,15-16H2,1-3H3;1-9H,10H2,(H,19,20);1-4H,(H,15,16);1-4H,(H,12,13)(H,14,15). The molecule has 428 valence electrons. The lowest BCUT2D eigenvalue weighted by Gasteiger charge is -2.16. The number of nitrogens with zero attached hydrogens (tertiary/aromatic N) is 9. The highest BCUT2D eigenvalue weighted by atomic mass is 79.9. The molecule has 0 aliphatic rings. The summed E-state index contributed by atoms with van der Waals surface area (Å²) >= 11 is 13.0. The van der Waals surface area contributed by atoms with Gasteiger partial charge in [0.05, 0.1) is 18.6 Å². The van der Waals surface area contributed by atoms with Crippen LogP contribution in [0.4, 0.5) is 13.2 Å². The number of pyridine rings is 4. The molecule has 0 saturated heterocycles. The fraction of sp³-hybridized carbons (Fsp3) is 0.161. The molecule has 2 aromatic carbocycles. The second-order valence-electron chi connectivity index (χ2n) is 18.6. The molecule has 0 atom stereocenters. The zero-order valence-electron chi connectivity index (χ0n) is 44.1. The predicted octanol–water partition coefficient (Wildman–Crippen LogP) is 14.2. The van der Waals surface area contributed by atoms with E-state index in [0.29, 0.717) is 46.7 Å². The first kappa shape index (κ1) is 62.8. The molecule has 0 aliphatic carbocycles. The number of carboxylic acid groups (broad SMARTS) is 1. The Labute approximate surface area is 507 Å². The molecule has 8 aromatic heterocycles. The number of carbonyl (C=O) groups excluding carboxylic acids is 2. The highest BCUT2D eigenvalue weighted by molar-refractivity contribution is 9.11. The molecule has 0 unspecified atom stereocenters. The Kier molecular flexibility index (Phi) is 22.6. The molecule has 0 bridgehead atoms. The molecule has 83 heavy (non-hydrogen) atoms. The summed E-state index contributed by atoms with van der Waals surface area (Å²) in [5.74, 6) is -0.0985. The average molecular weight is 1410 g/mol. The molecular weight excluding hydrogens is 1360 g/mol. The van der Waals surface area contributed by atoms with Gasteiger partial charge in [-0.25, -0.2) is 54.3 Å². The molecule has 10 rings (SSSR count). The number of carboxylic acids is 1. The summed E-state index contributed by atoms with van der Waals surface area (Å²) in [6.07, 6.45) is 7.19. The van der Waals surface area contributed by atoms with Crippen LogP contribution < -0.4 is 0 Å². The lowest BCUT2D eigenvalue weighted by Crippen LogP contribution is -2.22. The number of carbonyl (C=O) groups is 3. The Bertz CT molecular complexity index is 3680. The zero-order chi connectivity index (χ0) is 59.5. The fourth-order valence-corrected chi connectivity index (χ4v) is 8.49. The fourth-order valence-electron chi connectivity index (χ4n) is 6.80. The van der Waals surface area contributed by atoms with E-state index in [4.69, 9.17) is 19.3 Å². The molecule has 0 saturated carbocycles. The molecule has 27 heteroatoms. The van der Waals surface area contributed by atoms with Gasteiger partial charge in [-0.15, -0.1) is 0 Å². The third kappa shape index (κ3) is 19.9. The number of hydrogen-bond donors (Lipinski definition) is 4. The van der Waals surface area contributed by atoms with Crippen LogP contribution in [0.5, 0.6) is 0 Å². The van der Waals surface area contributed by atoms with Gasteiger partial charge in [0.2, 0.25) is 0 Å². The van der Waals surface area contributed by atoms with Crippen molar-refractivity contribution in [1.82, 2.24) is 59.4 Å². The van der Waals surface area contributed by atoms with Crippen LogP contribution in [-0.2, 0) is 40.3 Å². The minimum Gasteiger partial charge on any atom is -0.477 e. The molecule has 0 radical (unpaired) electrons. The molecular formula is C56H49Br4F3N12O7Si. The lowest BCUT2D eigenvalue weighted by molar-refractivity contribution is -0.140. The van der Waals surface area contributed by atoms with Crippen molar-refractivity contribution in [2.45, 2.75) is 51.8 Å². The minimum atomic E-state index is -4.41. The van der Waals surface area contributed by atoms with Gasteiger partial charge in [-0.05, 0) is 129 Å². The molecule has 4 N–H and O–H groups in total. The van der Waals surface area contributed by atoms with E-state index in [1.54, 1.807) is 49.1 Å². The number of ether oxygens (including phenoxy) is 3. The second kappa shape index (κ2) is 29.9. The number of imidazole rings is 4. The van der Waals surface area contributed by atoms with Gasteiger partial charge in [0.15, 0.2) is 5.69 Å². The number of H-pyrrole nitrogens is 3. The maximum absolute atomic E-state index is 12.6. The van der Waals surface area contributed by atoms with Crippen LogP contribution in [-0.4, -0.2) is 97.1 Å². The average Bonchev–Trinajstić information content (AvgIpc) is 4.55. The summed E-state index contributed by atoms with van der Waals surface area (Å²) in [7, 11) is -1.17. The number of esters is 2. The quantitative estimate of drug-likeness (QED) is 0.0304. The smallest absolute Gasteiger partial charge is 0.432 e. The number of alkyl halides is 3. The van der Waals surface area contributed by atoms with E-state index in [0.717, 1.165) is 53.9 Å². The monoisotopic (exact) mass is 1400 g/mol. The van der Waals surface area contributed by atoms with Crippen molar-refractivity contribution in [3.8, 4) is 45.6 Å². The van der Waals surface area contributed by atoms with E-state index in [1.165, 1.54) is 18.6 Å². The Morgan fingerprint density at radius 3 is 1.41 bits per heavy atom. The van der Waals surface area contributed by atoms with Gasteiger partial charge in [0.25, 0.3) is 0 Å². The number of aromatic carboxylic acids is 1. The van der Waals surface area contributed by atoms with Crippen molar-refractivity contribution >= 4 is 89.7 Å². The van der Waals surface area contributed by atoms with E-state index in [1.807, 2.05) is 89.5 Å². The van der Waals surface area contributed by atoms with E-state index < -0.39 is 37.9 Å². The maximum atomic E-state index is 12.6. The van der Waals surface area contributed by atoms with Gasteiger partial charge in [0.1, 0.15) is 78.7 Å². The minimum absolute atomic E-state index is 0.0629. The zero-order valence-corrected chi connectivity index (χ0v) is 51.5. The van der Waals surface area contributed by atoms with Crippen LogP contribution in [0.25, 0.3) is 45.6 Å². The summed E-state index contributed by atoms with van der Waals surface area (Å²) in [6.45, 7) is 8.37. The lowest BCUT2D eigenvalue weighted by atomic mass is 10.2. The summed E-state index contributed by atoms with van der Waals surface area (Å²) in [5.41, 5.74) is 4.46. The first-order valence-corrected chi connectivity index (χ1v) is 31.6. The molecule has 8 heterocycles. The van der Waals surface area contributed by atoms with Gasteiger partial charge >= 0.3 is 24.1 Å². The van der Waals surface area contributed by atoms with Gasteiger partial charge in [-0.3, -0.25) is 0 Å². The normalized spacial score (nSPS) is 11.0. The van der Waals surface area contributed by atoms with Crippen LogP contribution in [0.15, 0.2) is 177 Å². The third-order valence-electron chi connectivity index (χ3n) is 11.1. The van der Waals surface area contributed by atoms with Gasteiger partial charge < -0.3 is 38.8 Å². The highest BCUT2D eigenvalue weighted by Crippen LogP contribution is 2.30. The number of rotatable bonds is 16. The van der Waals surface area contributed by atoms with Crippen LogP contribution in [0.1, 0.15) is 48.3 Å². The van der Waals surface area contributed by atoms with Crippen molar-refractivity contribution in [3.63, 3.8) is 0 Å². The van der Waals surface area contributed by atoms with Crippen molar-refractivity contribution in [2.24, 2.45) is 0 Å². The molecule has 0 fully saturated rings. The molecule has 0 spiro atoms. The molecule has 10 aromatic rings. The SMILES string of the molecule is C[Si](C)(C)CCOCn1cc(C(=O)OCc2ccccc2)nc1-c1ccc(Br)nc1.FC(F)(F)c1cnc(-c2ccc(Br)nc2)[nH]1.O=C(O)c1cnc(-c2ccc(Br)nc2)[nH]1.O=C(OCc1ccccc1)c1cnc(-c2ccc(Br)nc2)[nH]1. The summed E-state index contributed by atoms with van der Waals surface area (Å²) in [4.78, 5) is 75.6. The third-order valence-corrected chi connectivity index (χ3v) is 14.7. The summed E-state index contributed by atoms with van der Waals surface area (Å²) < 4.78 is 58.1. The number of benzene rings is 2. The molecule has 0 aliphatic heterocycles. The number of aromatic nitrogens is 12. The van der Waals surface area contributed by atoms with Crippen LogP contribution in [0, 0.1) is 0 Å². The Morgan fingerprint density at radius 2 is 0.988 bits per heavy atom. The first-order chi connectivity index (χ1) is 39.7. The van der Waals surface area contributed by atoms with Gasteiger partial charge in [-0.1, -0.05) is 80.3 Å². The number of aromatic amines is 3. The predicted molar refractivity (Wildman–Crippen MR) is 319 cm³/mol. The summed E-state index contributed by atoms with van der Waals surface area (Å²) in [5, 5.41) is 8.69. The largest absolute Gasteiger partial charge is 0.477 e. The molecule has 0 amide bonds. The van der Waals surface area contributed by atoms with E-state index in [9.17, 15) is 27.6 Å². The van der Waals surface area contributed by atoms with Gasteiger partial charge in [0, 0.05) is 67.9 Å². The van der Waals surface area contributed by atoms with Gasteiger partial charge in [-0.2, -0.15) is 13.2 Å². The second-order valence-corrected chi connectivity index (χ2v) is 27.5. The Morgan fingerprint density at radius 1 is 0.554 bits per heavy atom. The Balaban J connectivity index is 0.000000165. The van der Waals surface area contributed by atoms with Crippen LogP contribution in [0.2, 0.25) is 25.7 Å². The van der Waals surface area contributed by atoms with Crippen molar-refractivity contribution in [3.05, 3.63) is 211 Å². The van der Waals surface area contributed by atoms with E-state index in [2.05, 4.69) is 138 Å². The highest BCUT2D eigenvalue weighted by Gasteiger charge is 2.33. The van der Waals surface area contributed by atoms with Crippen molar-refractivity contribution in [2.75, 3.05) is 6.61 Å². The Hall–Kier alpha value is -7.82. The van der Waals surface area contributed by atoms with Crippen molar-refractivity contribution < 1.29 is 46.9 Å². The van der Waals surface area contributed by atoms with E-state index >= 15 is 0 Å². The maximum Gasteiger partial charge on any atom is 0.432 e. The first-order valence-electron chi connectivity index (χ1n) is 24.7. The van der Waals surface area contributed by atoms with Crippen LogP contribution in [0.3, 0.4) is 0 Å². The number of halogens is 7. The van der Waals surface area contributed by atoms with Crippen molar-refractivity contribution in [1.29, 1.82) is 0 Å². The molecule has 19 nitrogen and oxygen atoms in total. The summed E-state index contributed by atoms with van der Waals surface area (Å²) in [6, 6.07) is 34.4. The topological polar surface area (TPSA) is 255 Å². The van der Waals surface area contributed by atoms with E-state index in [-0.39, 0.29) is 30.4 Å². The number of hydrogen-bond acceptors (Lipinski definition) is 14. The number of nitrogens with one attached hydrogen (secondary N) is 3.